The molecule has 0 bridgehead atoms. The highest BCUT2D eigenvalue weighted by molar-refractivity contribution is 9.09. The van der Waals surface area contributed by atoms with Crippen molar-refractivity contribution >= 4 is 23.8 Å². The van der Waals surface area contributed by atoms with Crippen LogP contribution in [0.15, 0.2) is 30.3 Å². The van der Waals surface area contributed by atoms with Gasteiger partial charge < -0.3 is 0 Å². The molecule has 0 saturated heterocycles. The predicted octanol–water partition coefficient (Wildman–Crippen LogP) is 4.28. The lowest BCUT2D eigenvalue weighted by atomic mass is 10.2. The Kier molecular flexibility index (Phi) is 6.38. The lowest BCUT2D eigenvalue weighted by Crippen LogP contribution is -2.02. The largest absolute Gasteiger partial charge is 0.476 e. The van der Waals surface area contributed by atoms with Crippen molar-refractivity contribution in [1.82, 2.24) is 0 Å². The molecule has 0 aliphatic rings. The van der Waals surface area contributed by atoms with Gasteiger partial charge in [-0.15, -0.1) is 0 Å². The molecule has 0 saturated carbocycles. The number of hydrogen-bond acceptors (Lipinski definition) is 4. The van der Waals surface area contributed by atoms with Gasteiger partial charge in [-0.05, 0) is 19.4 Å². The molecule has 6 heteroatoms. The Labute approximate surface area is 110 Å². The van der Waals surface area contributed by atoms with Crippen molar-refractivity contribution in [2.45, 2.75) is 18.9 Å². The number of phosphoric acid groups is 1. The van der Waals surface area contributed by atoms with E-state index in [0.29, 0.717) is 0 Å². The van der Waals surface area contributed by atoms with Gasteiger partial charge in [0.1, 0.15) is 5.01 Å². The van der Waals surface area contributed by atoms with Crippen LogP contribution < -0.4 is 0 Å². The molecule has 96 valence electrons. The van der Waals surface area contributed by atoms with E-state index < -0.39 is 12.8 Å². The lowest BCUT2D eigenvalue weighted by molar-refractivity contribution is 0.115. The maximum atomic E-state index is 12.1. The van der Waals surface area contributed by atoms with E-state index in [1.54, 1.807) is 13.8 Å². The van der Waals surface area contributed by atoms with Crippen molar-refractivity contribution in [2.75, 3.05) is 13.2 Å². The molecule has 0 aromatic heterocycles. The number of hydrogen-bond donors (Lipinski definition) is 0. The molecule has 1 aromatic rings. The minimum atomic E-state index is -3.49. The summed E-state index contributed by atoms with van der Waals surface area (Å²) in [5, 5.41) is -0.521. The van der Waals surface area contributed by atoms with Crippen molar-refractivity contribution in [1.29, 1.82) is 0 Å². The molecule has 1 aromatic carbocycles. The second-order valence-corrected chi connectivity index (χ2v) is 5.57. The molecule has 0 aliphatic heterocycles. The fraction of sp³-hybridized carbons (Fsp3) is 0.455. The van der Waals surface area contributed by atoms with E-state index in [9.17, 15) is 4.57 Å². The molecule has 1 rings (SSSR count). The van der Waals surface area contributed by atoms with Gasteiger partial charge in [0.2, 0.25) is 0 Å². The van der Waals surface area contributed by atoms with Crippen molar-refractivity contribution in [3.05, 3.63) is 35.9 Å². The topological polar surface area (TPSA) is 44.8 Å². The number of alkyl halides is 1. The zero-order valence-corrected chi connectivity index (χ0v) is 12.3. The molecule has 4 nitrogen and oxygen atoms in total. The Hall–Kier alpha value is -0.190. The number of benzene rings is 1. The molecule has 0 fully saturated rings. The molecule has 0 N–H and O–H groups in total. The van der Waals surface area contributed by atoms with Crippen LogP contribution in [0.2, 0.25) is 0 Å². The SMILES string of the molecule is CCOP(=O)(OCC)OC(Br)c1ccccc1. The fourth-order valence-electron chi connectivity index (χ4n) is 1.19. The normalized spacial score (nSPS) is 13.6. The molecular formula is C11H16BrO4P. The fourth-order valence-corrected chi connectivity index (χ4v) is 3.29. The standard InChI is InChI=1S/C11H16BrO4P/c1-3-14-17(13,15-4-2)16-11(12)10-8-6-5-7-9-10/h5-9,11H,3-4H2,1-2H3. The second kappa shape index (κ2) is 7.29. The van der Waals surface area contributed by atoms with Crippen molar-refractivity contribution in [2.24, 2.45) is 0 Å². The summed E-state index contributed by atoms with van der Waals surface area (Å²) in [6, 6.07) is 9.37. The molecule has 0 amide bonds. The van der Waals surface area contributed by atoms with Crippen LogP contribution >= 0.6 is 23.8 Å². The first kappa shape index (κ1) is 14.9. The summed E-state index contributed by atoms with van der Waals surface area (Å²) < 4.78 is 27.5. The van der Waals surface area contributed by atoms with E-state index in [1.807, 2.05) is 30.3 Å². The van der Waals surface area contributed by atoms with Crippen LogP contribution in [0, 0.1) is 0 Å². The Morgan fingerprint density at radius 3 is 2.18 bits per heavy atom. The second-order valence-electron chi connectivity index (χ2n) is 3.11. The number of rotatable bonds is 7. The van der Waals surface area contributed by atoms with Crippen LogP contribution in [0.3, 0.4) is 0 Å². The van der Waals surface area contributed by atoms with Gasteiger partial charge in [0, 0.05) is 0 Å². The lowest BCUT2D eigenvalue weighted by Gasteiger charge is -2.19. The molecule has 0 heterocycles. The Balaban J connectivity index is 2.71. The summed E-state index contributed by atoms with van der Waals surface area (Å²) in [6.45, 7) is 4.01. The first-order valence-electron chi connectivity index (χ1n) is 5.38. The van der Waals surface area contributed by atoms with Gasteiger partial charge in [-0.2, -0.15) is 0 Å². The summed E-state index contributed by atoms with van der Waals surface area (Å²) in [4.78, 5) is 0. The molecule has 0 radical (unpaired) electrons. The molecule has 0 aliphatic carbocycles. The van der Waals surface area contributed by atoms with E-state index in [4.69, 9.17) is 13.6 Å². The van der Waals surface area contributed by atoms with Crippen LogP contribution in [0.1, 0.15) is 24.4 Å². The summed E-state index contributed by atoms with van der Waals surface area (Å²) in [5.74, 6) is 0. The van der Waals surface area contributed by atoms with E-state index in [1.165, 1.54) is 0 Å². The van der Waals surface area contributed by atoms with Gasteiger partial charge in [0.05, 0.1) is 13.2 Å². The Morgan fingerprint density at radius 1 is 1.18 bits per heavy atom. The monoisotopic (exact) mass is 322 g/mol. The van der Waals surface area contributed by atoms with E-state index >= 15 is 0 Å². The van der Waals surface area contributed by atoms with Crippen molar-refractivity contribution in [3.63, 3.8) is 0 Å². The van der Waals surface area contributed by atoms with Gasteiger partial charge in [0.25, 0.3) is 0 Å². The van der Waals surface area contributed by atoms with E-state index in [-0.39, 0.29) is 13.2 Å². The Morgan fingerprint density at radius 2 is 1.71 bits per heavy atom. The molecule has 1 unspecified atom stereocenters. The summed E-state index contributed by atoms with van der Waals surface area (Å²) in [5.41, 5.74) is 0.854. The van der Waals surface area contributed by atoms with Crippen LogP contribution in [0.25, 0.3) is 0 Å². The Bertz CT molecular complexity index is 361. The third-order valence-electron chi connectivity index (χ3n) is 1.86. The highest BCUT2D eigenvalue weighted by Crippen LogP contribution is 2.54. The first-order chi connectivity index (χ1) is 8.11. The quantitative estimate of drug-likeness (QED) is 0.555. The zero-order valence-electron chi connectivity index (χ0n) is 9.84. The van der Waals surface area contributed by atoms with Gasteiger partial charge >= 0.3 is 7.82 Å². The minimum absolute atomic E-state index is 0.270. The van der Waals surface area contributed by atoms with Crippen molar-refractivity contribution in [3.8, 4) is 0 Å². The van der Waals surface area contributed by atoms with E-state index in [2.05, 4.69) is 15.9 Å². The van der Waals surface area contributed by atoms with E-state index in [0.717, 1.165) is 5.56 Å². The average molecular weight is 323 g/mol. The third-order valence-corrected chi connectivity index (χ3v) is 4.48. The van der Waals surface area contributed by atoms with Gasteiger partial charge in [-0.1, -0.05) is 46.3 Å². The molecule has 1 atom stereocenters. The smallest absolute Gasteiger partial charge is 0.287 e. The predicted molar refractivity (Wildman–Crippen MR) is 70.1 cm³/mol. The molecule has 17 heavy (non-hydrogen) atoms. The zero-order chi connectivity index (χ0) is 12.7. The van der Waals surface area contributed by atoms with Crippen LogP contribution in [-0.4, -0.2) is 13.2 Å². The minimum Gasteiger partial charge on any atom is -0.287 e. The van der Waals surface area contributed by atoms with Gasteiger partial charge in [-0.25, -0.2) is 4.57 Å². The molecular weight excluding hydrogens is 307 g/mol. The van der Waals surface area contributed by atoms with Crippen LogP contribution in [0.5, 0.6) is 0 Å². The van der Waals surface area contributed by atoms with Gasteiger partial charge in [-0.3, -0.25) is 13.6 Å². The van der Waals surface area contributed by atoms with Crippen LogP contribution in [0.4, 0.5) is 0 Å². The summed E-state index contributed by atoms with van der Waals surface area (Å²) in [6.07, 6.45) is 0. The maximum Gasteiger partial charge on any atom is 0.476 e. The van der Waals surface area contributed by atoms with Gasteiger partial charge in [0.15, 0.2) is 0 Å². The highest BCUT2D eigenvalue weighted by Gasteiger charge is 2.29. The summed E-state index contributed by atoms with van der Waals surface area (Å²) >= 11 is 3.31. The number of phosphoric ester groups is 1. The third kappa shape index (κ3) is 4.90. The number of halogens is 1. The maximum absolute atomic E-state index is 12.1. The summed E-state index contributed by atoms with van der Waals surface area (Å²) in [7, 11) is -3.49. The average Bonchev–Trinajstić information content (AvgIpc) is 2.30. The van der Waals surface area contributed by atoms with Crippen molar-refractivity contribution < 1.29 is 18.1 Å². The highest BCUT2D eigenvalue weighted by atomic mass is 79.9. The molecule has 0 spiro atoms. The van der Waals surface area contributed by atoms with Crippen LogP contribution in [-0.2, 0) is 18.1 Å². The first-order valence-corrected chi connectivity index (χ1v) is 7.75.